The summed E-state index contributed by atoms with van der Waals surface area (Å²) in [5, 5.41) is 9.53. The molecule has 3 aromatic carbocycles. The second kappa shape index (κ2) is 7.63. The fourth-order valence-corrected chi connectivity index (χ4v) is 4.24. The molecule has 0 saturated heterocycles. The van der Waals surface area contributed by atoms with E-state index < -0.39 is 16.0 Å². The van der Waals surface area contributed by atoms with Gasteiger partial charge in [-0.25, -0.2) is 13.2 Å². The van der Waals surface area contributed by atoms with Crippen LogP contribution in [-0.4, -0.2) is 19.5 Å². The van der Waals surface area contributed by atoms with Crippen molar-refractivity contribution in [3.63, 3.8) is 0 Å². The first-order valence-corrected chi connectivity index (χ1v) is 9.79. The van der Waals surface area contributed by atoms with E-state index in [1.165, 1.54) is 24.3 Å². The number of rotatable bonds is 6. The molecule has 27 heavy (non-hydrogen) atoms. The van der Waals surface area contributed by atoms with E-state index in [0.29, 0.717) is 0 Å². The molecule has 0 spiro atoms. The number of anilines is 1. The highest BCUT2D eigenvalue weighted by Gasteiger charge is 2.28. The number of nitrogens with zero attached hydrogens (tertiary/aromatic N) is 1. The van der Waals surface area contributed by atoms with Gasteiger partial charge in [-0.05, 0) is 36.8 Å². The Hall–Kier alpha value is -3.12. The van der Waals surface area contributed by atoms with Crippen LogP contribution in [0.1, 0.15) is 21.5 Å². The number of aromatic carboxylic acids is 1. The Balaban J connectivity index is 2.15. The molecule has 0 aromatic heterocycles. The summed E-state index contributed by atoms with van der Waals surface area (Å²) in [5.41, 5.74) is 1.89. The normalized spacial score (nSPS) is 11.1. The van der Waals surface area contributed by atoms with E-state index >= 15 is 0 Å². The van der Waals surface area contributed by atoms with Gasteiger partial charge in [0.15, 0.2) is 0 Å². The van der Waals surface area contributed by atoms with E-state index in [-0.39, 0.29) is 22.7 Å². The lowest BCUT2D eigenvalue weighted by atomic mass is 10.1. The van der Waals surface area contributed by atoms with Crippen LogP contribution in [0.3, 0.4) is 0 Å². The zero-order valence-electron chi connectivity index (χ0n) is 14.7. The fourth-order valence-electron chi connectivity index (χ4n) is 2.75. The van der Waals surface area contributed by atoms with Crippen molar-refractivity contribution in [2.75, 3.05) is 4.31 Å². The van der Waals surface area contributed by atoms with Gasteiger partial charge >= 0.3 is 5.97 Å². The van der Waals surface area contributed by atoms with E-state index in [1.54, 1.807) is 30.3 Å². The number of carbonyl (C=O) groups is 1. The molecule has 5 nitrogen and oxygen atoms in total. The molecule has 0 atom stereocenters. The number of sulfonamides is 1. The summed E-state index contributed by atoms with van der Waals surface area (Å²) in [4.78, 5) is 11.8. The van der Waals surface area contributed by atoms with Gasteiger partial charge in [-0.2, -0.15) is 0 Å². The predicted octanol–water partition coefficient (Wildman–Crippen LogP) is 4.09. The average Bonchev–Trinajstić information content (AvgIpc) is 2.68. The third kappa shape index (κ3) is 4.01. The van der Waals surface area contributed by atoms with Crippen molar-refractivity contribution < 1.29 is 18.3 Å². The molecule has 0 unspecified atom stereocenters. The monoisotopic (exact) mass is 381 g/mol. The molecule has 3 rings (SSSR count). The second-order valence-electron chi connectivity index (χ2n) is 6.13. The third-order valence-corrected chi connectivity index (χ3v) is 5.96. The average molecular weight is 381 g/mol. The Morgan fingerprint density at radius 2 is 1.48 bits per heavy atom. The quantitative estimate of drug-likeness (QED) is 0.698. The Kier molecular flexibility index (Phi) is 5.28. The molecule has 0 aliphatic heterocycles. The lowest BCUT2D eigenvalue weighted by molar-refractivity contribution is 0.0697. The topological polar surface area (TPSA) is 74.7 Å². The first-order chi connectivity index (χ1) is 12.9. The number of carboxylic acids is 1. The molecular formula is C21H19NO4S. The number of benzene rings is 3. The van der Waals surface area contributed by atoms with Crippen molar-refractivity contribution in [1.82, 2.24) is 0 Å². The minimum absolute atomic E-state index is 0.0296. The SMILES string of the molecule is Cc1ccc(CN(c2ccccc2C(=O)O)S(=O)(=O)c2ccccc2)cc1. The van der Waals surface area contributed by atoms with Crippen LogP contribution in [0.5, 0.6) is 0 Å². The molecule has 138 valence electrons. The molecule has 0 aliphatic carbocycles. The highest BCUT2D eigenvalue weighted by Crippen LogP contribution is 2.29. The molecule has 0 saturated carbocycles. The maximum Gasteiger partial charge on any atom is 0.337 e. The first-order valence-electron chi connectivity index (χ1n) is 8.35. The van der Waals surface area contributed by atoms with Crippen LogP contribution >= 0.6 is 0 Å². The summed E-state index contributed by atoms with van der Waals surface area (Å²) >= 11 is 0. The Bertz CT molecular complexity index is 1050. The van der Waals surface area contributed by atoms with Gasteiger partial charge in [-0.1, -0.05) is 60.2 Å². The van der Waals surface area contributed by atoms with Crippen LogP contribution in [0.4, 0.5) is 5.69 Å². The van der Waals surface area contributed by atoms with Gasteiger partial charge in [0, 0.05) is 0 Å². The molecule has 6 heteroatoms. The van der Waals surface area contributed by atoms with Gasteiger partial charge < -0.3 is 5.11 Å². The van der Waals surface area contributed by atoms with E-state index in [1.807, 2.05) is 31.2 Å². The Morgan fingerprint density at radius 1 is 0.889 bits per heavy atom. The number of para-hydroxylation sites is 1. The second-order valence-corrected chi connectivity index (χ2v) is 7.99. The summed E-state index contributed by atoms with van der Waals surface area (Å²) < 4.78 is 27.8. The molecule has 0 fully saturated rings. The smallest absolute Gasteiger partial charge is 0.337 e. The van der Waals surface area contributed by atoms with Crippen molar-refractivity contribution >= 4 is 21.7 Å². The zero-order valence-corrected chi connectivity index (χ0v) is 15.6. The molecule has 0 heterocycles. The lowest BCUT2D eigenvalue weighted by Gasteiger charge is -2.26. The molecule has 0 amide bonds. The van der Waals surface area contributed by atoms with Gasteiger partial charge in [0.25, 0.3) is 10.0 Å². The predicted molar refractivity (Wildman–Crippen MR) is 104 cm³/mol. The number of hydrogen-bond acceptors (Lipinski definition) is 3. The molecular weight excluding hydrogens is 362 g/mol. The van der Waals surface area contributed by atoms with E-state index in [0.717, 1.165) is 15.4 Å². The van der Waals surface area contributed by atoms with E-state index in [9.17, 15) is 18.3 Å². The number of hydrogen-bond donors (Lipinski definition) is 1. The molecule has 3 aromatic rings. The molecule has 0 bridgehead atoms. The van der Waals surface area contributed by atoms with Crippen molar-refractivity contribution in [2.24, 2.45) is 0 Å². The van der Waals surface area contributed by atoms with Crippen LogP contribution in [0.2, 0.25) is 0 Å². The van der Waals surface area contributed by atoms with Gasteiger partial charge in [0.2, 0.25) is 0 Å². The molecule has 0 radical (unpaired) electrons. The maximum absolute atomic E-state index is 13.3. The van der Waals surface area contributed by atoms with Crippen molar-refractivity contribution in [1.29, 1.82) is 0 Å². The maximum atomic E-state index is 13.3. The van der Waals surface area contributed by atoms with Crippen LogP contribution in [0, 0.1) is 6.92 Å². The van der Waals surface area contributed by atoms with Crippen molar-refractivity contribution in [3.8, 4) is 0 Å². The highest BCUT2D eigenvalue weighted by molar-refractivity contribution is 7.92. The zero-order chi connectivity index (χ0) is 19.4. The van der Waals surface area contributed by atoms with E-state index in [2.05, 4.69) is 0 Å². The van der Waals surface area contributed by atoms with Crippen LogP contribution in [-0.2, 0) is 16.6 Å². The van der Waals surface area contributed by atoms with E-state index in [4.69, 9.17) is 0 Å². The molecule has 1 N–H and O–H groups in total. The lowest BCUT2D eigenvalue weighted by Crippen LogP contribution is -2.32. The van der Waals surface area contributed by atoms with Crippen LogP contribution in [0.25, 0.3) is 0 Å². The third-order valence-electron chi connectivity index (χ3n) is 4.18. The number of aryl methyl sites for hydroxylation is 1. The van der Waals surface area contributed by atoms with Crippen LogP contribution < -0.4 is 4.31 Å². The van der Waals surface area contributed by atoms with Crippen LogP contribution in [0.15, 0.2) is 83.8 Å². The molecule has 0 aliphatic rings. The fraction of sp³-hybridized carbons (Fsp3) is 0.0952. The summed E-state index contributed by atoms with van der Waals surface area (Å²) in [7, 11) is -3.95. The summed E-state index contributed by atoms with van der Waals surface area (Å²) in [6.45, 7) is 1.98. The van der Waals surface area contributed by atoms with Gasteiger partial charge in [-0.3, -0.25) is 4.31 Å². The standard InChI is InChI=1S/C21H19NO4S/c1-16-11-13-17(14-12-16)15-22(20-10-6-5-9-19(20)21(23)24)27(25,26)18-7-3-2-4-8-18/h2-14H,15H2,1H3,(H,23,24). The summed E-state index contributed by atoms with van der Waals surface area (Å²) in [5.74, 6) is -1.18. The van der Waals surface area contributed by atoms with Gasteiger partial charge in [0.05, 0.1) is 22.7 Å². The Labute approximate surface area is 158 Å². The van der Waals surface area contributed by atoms with Crippen molar-refractivity contribution in [3.05, 3.63) is 95.6 Å². The minimum atomic E-state index is -3.95. The first kappa shape index (κ1) is 18.7. The number of carboxylic acid groups (broad SMARTS) is 1. The largest absolute Gasteiger partial charge is 0.478 e. The van der Waals surface area contributed by atoms with Crippen molar-refractivity contribution in [2.45, 2.75) is 18.4 Å². The highest BCUT2D eigenvalue weighted by atomic mass is 32.2. The van der Waals surface area contributed by atoms with Gasteiger partial charge in [0.1, 0.15) is 0 Å². The van der Waals surface area contributed by atoms with Gasteiger partial charge in [-0.15, -0.1) is 0 Å². The Morgan fingerprint density at radius 3 is 2.11 bits per heavy atom. The summed E-state index contributed by atoms with van der Waals surface area (Å²) in [6, 6.07) is 21.6. The summed E-state index contributed by atoms with van der Waals surface area (Å²) in [6.07, 6.45) is 0. The minimum Gasteiger partial charge on any atom is -0.478 e.